The Bertz CT molecular complexity index is 978. The molecular weight excluding hydrogens is 338 g/mol. The fraction of sp³-hybridized carbons (Fsp3) is 0.158. The average molecular weight is 354 g/mol. The van der Waals surface area contributed by atoms with Crippen molar-refractivity contribution in [3.05, 3.63) is 70.6 Å². The maximum absolute atomic E-state index is 12.0. The molecule has 126 valence electrons. The van der Waals surface area contributed by atoms with Crippen molar-refractivity contribution in [2.45, 2.75) is 13.0 Å². The molecule has 0 spiro atoms. The number of amides is 1. The van der Waals surface area contributed by atoms with Crippen LogP contribution in [-0.2, 0) is 17.8 Å². The van der Waals surface area contributed by atoms with E-state index in [-0.39, 0.29) is 5.91 Å². The van der Waals surface area contributed by atoms with Crippen LogP contribution in [0.1, 0.15) is 16.8 Å². The van der Waals surface area contributed by atoms with Gasteiger partial charge in [-0.25, -0.2) is 4.98 Å². The van der Waals surface area contributed by atoms with Crippen LogP contribution in [0.3, 0.4) is 0 Å². The lowest BCUT2D eigenvalue weighted by atomic mass is 10.1. The highest BCUT2D eigenvalue weighted by atomic mass is 35.5. The Balaban J connectivity index is 1.38. The van der Waals surface area contributed by atoms with Crippen LogP contribution in [0.5, 0.6) is 5.75 Å². The minimum atomic E-state index is -0.160. The molecule has 3 heterocycles. The SMILES string of the molecule is O=C(/C=C/c1ccc2c(c1)CCO2)NCc1cn2cc(Cl)ccc2n1. The summed E-state index contributed by atoms with van der Waals surface area (Å²) in [4.78, 5) is 16.4. The number of halogens is 1. The van der Waals surface area contributed by atoms with Crippen LogP contribution in [0.15, 0.2) is 48.8 Å². The lowest BCUT2D eigenvalue weighted by molar-refractivity contribution is -0.116. The molecule has 1 aliphatic heterocycles. The van der Waals surface area contributed by atoms with Crippen LogP contribution < -0.4 is 10.1 Å². The zero-order valence-corrected chi connectivity index (χ0v) is 14.2. The Morgan fingerprint density at radius 1 is 1.32 bits per heavy atom. The second-order valence-corrected chi connectivity index (χ2v) is 6.30. The quantitative estimate of drug-likeness (QED) is 0.732. The van der Waals surface area contributed by atoms with E-state index in [1.807, 2.05) is 28.8 Å². The number of rotatable bonds is 4. The summed E-state index contributed by atoms with van der Waals surface area (Å²) in [6, 6.07) is 9.57. The lowest BCUT2D eigenvalue weighted by Gasteiger charge is -2.00. The fourth-order valence-electron chi connectivity index (χ4n) is 2.82. The molecule has 1 amide bonds. The van der Waals surface area contributed by atoms with E-state index in [9.17, 15) is 4.79 Å². The standard InChI is InChI=1S/C19H16ClN3O2/c20-15-3-5-18-22-16(12-23(18)11-15)10-21-19(24)6-2-13-1-4-17-14(9-13)7-8-25-17/h1-6,9,11-12H,7-8,10H2,(H,21,24)/b6-2+. The molecule has 1 aromatic carbocycles. The van der Waals surface area contributed by atoms with E-state index in [4.69, 9.17) is 16.3 Å². The Hall–Kier alpha value is -2.79. The molecule has 0 bridgehead atoms. The Morgan fingerprint density at radius 2 is 2.24 bits per heavy atom. The molecule has 0 fully saturated rings. The van der Waals surface area contributed by atoms with Gasteiger partial charge in [-0.2, -0.15) is 0 Å². The fourth-order valence-corrected chi connectivity index (χ4v) is 2.99. The average Bonchev–Trinajstić information content (AvgIpc) is 3.23. The van der Waals surface area contributed by atoms with E-state index >= 15 is 0 Å². The normalized spacial score (nSPS) is 13.2. The summed E-state index contributed by atoms with van der Waals surface area (Å²) < 4.78 is 7.32. The minimum absolute atomic E-state index is 0.160. The van der Waals surface area contributed by atoms with Gasteiger partial charge in [0.15, 0.2) is 0 Å². The van der Waals surface area contributed by atoms with Gasteiger partial charge >= 0.3 is 0 Å². The van der Waals surface area contributed by atoms with E-state index in [2.05, 4.69) is 16.4 Å². The first kappa shape index (κ1) is 15.7. The highest BCUT2D eigenvalue weighted by Gasteiger charge is 2.11. The van der Waals surface area contributed by atoms with Gasteiger partial charge in [0.05, 0.1) is 23.9 Å². The van der Waals surface area contributed by atoms with Gasteiger partial charge in [-0.05, 0) is 41.5 Å². The van der Waals surface area contributed by atoms with Gasteiger partial charge in [-0.3, -0.25) is 4.79 Å². The van der Waals surface area contributed by atoms with E-state index in [1.165, 1.54) is 11.6 Å². The maximum Gasteiger partial charge on any atom is 0.244 e. The second kappa shape index (κ2) is 6.61. The molecule has 0 saturated carbocycles. The number of carbonyl (C=O) groups is 1. The molecule has 0 unspecified atom stereocenters. The van der Waals surface area contributed by atoms with Gasteiger partial charge in [0.25, 0.3) is 0 Å². The zero-order chi connectivity index (χ0) is 17.2. The largest absolute Gasteiger partial charge is 0.493 e. The third-order valence-corrected chi connectivity index (χ3v) is 4.27. The van der Waals surface area contributed by atoms with Crippen molar-refractivity contribution in [3.8, 4) is 5.75 Å². The number of hydrogen-bond acceptors (Lipinski definition) is 3. The van der Waals surface area contributed by atoms with Crippen LogP contribution in [0.4, 0.5) is 0 Å². The first-order valence-corrected chi connectivity index (χ1v) is 8.40. The molecule has 0 radical (unpaired) electrons. The van der Waals surface area contributed by atoms with Crippen LogP contribution in [0.25, 0.3) is 11.7 Å². The Morgan fingerprint density at radius 3 is 3.16 bits per heavy atom. The number of pyridine rings is 1. The number of benzene rings is 1. The molecule has 0 atom stereocenters. The van der Waals surface area contributed by atoms with Crippen molar-refractivity contribution in [3.63, 3.8) is 0 Å². The smallest absolute Gasteiger partial charge is 0.244 e. The number of imidazole rings is 1. The van der Waals surface area contributed by atoms with Gasteiger partial charge in [-0.1, -0.05) is 17.7 Å². The van der Waals surface area contributed by atoms with Crippen LogP contribution in [0, 0.1) is 0 Å². The molecule has 25 heavy (non-hydrogen) atoms. The molecule has 6 heteroatoms. The monoisotopic (exact) mass is 353 g/mol. The minimum Gasteiger partial charge on any atom is -0.493 e. The number of nitrogens with one attached hydrogen (secondary N) is 1. The predicted octanol–water partition coefficient (Wildman–Crippen LogP) is 3.25. The summed E-state index contributed by atoms with van der Waals surface area (Å²) in [5, 5.41) is 3.48. The molecule has 5 nitrogen and oxygen atoms in total. The van der Waals surface area contributed by atoms with Crippen molar-refractivity contribution >= 4 is 29.2 Å². The summed E-state index contributed by atoms with van der Waals surface area (Å²) >= 11 is 5.95. The van der Waals surface area contributed by atoms with Crippen molar-refractivity contribution in [2.24, 2.45) is 0 Å². The first-order chi connectivity index (χ1) is 12.2. The first-order valence-electron chi connectivity index (χ1n) is 8.02. The number of hydrogen-bond donors (Lipinski definition) is 1. The molecule has 1 N–H and O–H groups in total. The molecule has 2 aromatic heterocycles. The number of aromatic nitrogens is 2. The van der Waals surface area contributed by atoms with Gasteiger partial charge in [0.2, 0.25) is 5.91 Å². The zero-order valence-electron chi connectivity index (χ0n) is 13.4. The molecular formula is C19H16ClN3O2. The van der Waals surface area contributed by atoms with E-state index in [0.29, 0.717) is 11.6 Å². The Labute approximate surface area is 149 Å². The topological polar surface area (TPSA) is 55.6 Å². The summed E-state index contributed by atoms with van der Waals surface area (Å²) in [6.07, 6.45) is 7.89. The van der Waals surface area contributed by atoms with E-state index in [0.717, 1.165) is 35.7 Å². The van der Waals surface area contributed by atoms with Crippen LogP contribution in [0.2, 0.25) is 5.02 Å². The van der Waals surface area contributed by atoms with Crippen LogP contribution >= 0.6 is 11.6 Å². The summed E-state index contributed by atoms with van der Waals surface area (Å²) in [5.74, 6) is 0.778. The highest BCUT2D eigenvalue weighted by molar-refractivity contribution is 6.30. The van der Waals surface area contributed by atoms with E-state index < -0.39 is 0 Å². The van der Waals surface area contributed by atoms with Crippen molar-refractivity contribution in [1.82, 2.24) is 14.7 Å². The van der Waals surface area contributed by atoms with Crippen molar-refractivity contribution in [1.29, 1.82) is 0 Å². The van der Waals surface area contributed by atoms with E-state index in [1.54, 1.807) is 18.3 Å². The van der Waals surface area contributed by atoms with Gasteiger partial charge in [0.1, 0.15) is 11.4 Å². The molecule has 0 aliphatic carbocycles. The molecule has 1 aliphatic rings. The molecule has 0 saturated heterocycles. The second-order valence-electron chi connectivity index (χ2n) is 5.86. The lowest BCUT2D eigenvalue weighted by Crippen LogP contribution is -2.20. The summed E-state index contributed by atoms with van der Waals surface area (Å²) in [5.41, 5.74) is 3.75. The molecule has 4 rings (SSSR count). The van der Waals surface area contributed by atoms with Crippen molar-refractivity contribution < 1.29 is 9.53 Å². The van der Waals surface area contributed by atoms with Gasteiger partial charge in [-0.15, -0.1) is 0 Å². The third kappa shape index (κ3) is 3.51. The van der Waals surface area contributed by atoms with Crippen molar-refractivity contribution in [2.75, 3.05) is 6.61 Å². The number of ether oxygens (including phenoxy) is 1. The number of carbonyl (C=O) groups excluding carboxylic acids is 1. The maximum atomic E-state index is 12.0. The van der Waals surface area contributed by atoms with Gasteiger partial charge in [0, 0.05) is 24.9 Å². The predicted molar refractivity (Wildman–Crippen MR) is 96.7 cm³/mol. The number of nitrogens with zero attached hydrogens (tertiary/aromatic N) is 2. The number of fused-ring (bicyclic) bond motifs is 2. The summed E-state index contributed by atoms with van der Waals surface area (Å²) in [6.45, 7) is 1.09. The third-order valence-electron chi connectivity index (χ3n) is 4.05. The Kier molecular flexibility index (Phi) is 4.15. The van der Waals surface area contributed by atoms with Crippen LogP contribution in [-0.4, -0.2) is 21.9 Å². The highest BCUT2D eigenvalue weighted by Crippen LogP contribution is 2.26. The summed E-state index contributed by atoms with van der Waals surface area (Å²) in [7, 11) is 0. The molecule has 3 aromatic rings. The van der Waals surface area contributed by atoms with Gasteiger partial charge < -0.3 is 14.5 Å².